The van der Waals surface area contributed by atoms with Crippen LogP contribution in [0.3, 0.4) is 0 Å². The Hall–Kier alpha value is -3.62. The molecule has 0 fully saturated rings. The van der Waals surface area contributed by atoms with Gasteiger partial charge in [0.15, 0.2) is 40.1 Å². The van der Waals surface area contributed by atoms with Gasteiger partial charge in [0, 0.05) is 77.8 Å². The summed E-state index contributed by atoms with van der Waals surface area (Å²) in [6.45, 7) is 0. The Kier molecular flexibility index (Phi) is 22.5. The number of alkyl halides is 12. The van der Waals surface area contributed by atoms with Gasteiger partial charge < -0.3 is 26.5 Å². The van der Waals surface area contributed by atoms with E-state index in [1.807, 2.05) is 71.2 Å². The van der Waals surface area contributed by atoms with Crippen molar-refractivity contribution in [3.05, 3.63) is 83.1 Å². The van der Waals surface area contributed by atoms with E-state index in [1.54, 1.807) is 50.1 Å². The van der Waals surface area contributed by atoms with Crippen molar-refractivity contribution >= 4 is 40.1 Å². The maximum Gasteiger partial charge on any atom is 2.00 e. The molecule has 0 aromatic carbocycles. The molecule has 0 bridgehead atoms. The molecule has 320 valence electrons. The Morgan fingerprint density at radius 3 is 0.582 bits per heavy atom. The average molecular weight is 995 g/mol. The Labute approximate surface area is 317 Å². The third-order valence-corrected chi connectivity index (χ3v) is 9.59. The maximum atomic E-state index is 11.4. The summed E-state index contributed by atoms with van der Waals surface area (Å²) in [5, 5.41) is 0. The van der Waals surface area contributed by atoms with Crippen LogP contribution in [0.25, 0.3) is 8.25 Å². The number of halogens is 12. The van der Waals surface area contributed by atoms with Crippen LogP contribution in [0.5, 0.6) is 0 Å². The maximum absolute atomic E-state index is 11.4. The monoisotopic (exact) mass is 994 g/mol. The van der Waals surface area contributed by atoms with Crippen molar-refractivity contribution < 1.29 is 107 Å². The number of aromatic nitrogens is 8. The molecule has 0 saturated heterocycles. The summed E-state index contributed by atoms with van der Waals surface area (Å²) in [7, 11) is -19.1. The average Bonchev–Trinajstić information content (AvgIpc) is 3.79. The van der Waals surface area contributed by atoms with Crippen LogP contribution in [0.2, 0.25) is 0 Å². The van der Waals surface area contributed by atoms with E-state index in [0.29, 0.717) is 0 Å². The van der Waals surface area contributed by atoms with Crippen molar-refractivity contribution in [2.45, 2.75) is 22.0 Å². The number of aryl methyl sites for hydroxylation is 4. The van der Waals surface area contributed by atoms with E-state index in [1.165, 1.54) is 0 Å². The molecule has 0 amide bonds. The molecule has 4 rings (SSSR count). The summed E-state index contributed by atoms with van der Waals surface area (Å²) in [5.41, 5.74) is -24.8. The molecular weight excluding hydrogens is 971 g/mol. The molecule has 0 radical (unpaired) electrons. The molecule has 0 atom stereocenters. The van der Waals surface area contributed by atoms with Crippen LogP contribution in [-0.2, 0) is 88.7 Å². The molecule has 4 heterocycles. The Balaban J connectivity index is -0.000000619. The predicted octanol–water partition coefficient (Wildman–Crippen LogP) is 3.80. The smallest absolute Gasteiger partial charge is 0.421 e. The van der Waals surface area contributed by atoms with Crippen molar-refractivity contribution in [2.75, 3.05) is 0 Å². The van der Waals surface area contributed by atoms with Gasteiger partial charge in [0.2, 0.25) is 0 Å². The fourth-order valence-electron chi connectivity index (χ4n) is 1.73. The number of nitrogens with zero attached hydrogens (tertiary/aromatic N) is 10. The molecule has 0 unspecified atom stereocenters. The quantitative estimate of drug-likeness (QED) is 0.210. The van der Waals surface area contributed by atoms with E-state index in [-0.39, 0.29) is 20.4 Å². The molecule has 35 heteroatoms. The first-order valence-corrected chi connectivity index (χ1v) is 18.2. The van der Waals surface area contributed by atoms with Crippen LogP contribution in [-0.4, -0.2) is 93.9 Å². The standard InChI is InChI=1S/4C4H6N2.2C2F6NO4S2.Pd/c4*1-6-3-2-5-4-6;2*3-1(4,5)14(10,11)9-15(12,13)2(6,7)8;/h4*2-4H,1H3;;;/q;;;;2*-1;+2. The molecule has 0 aliphatic rings. The largest absolute Gasteiger partial charge is 2.00 e. The Bertz CT molecular complexity index is 1760. The summed E-state index contributed by atoms with van der Waals surface area (Å²) in [4.78, 5) is 15.1. The molecule has 55 heavy (non-hydrogen) atoms. The Morgan fingerprint density at radius 2 is 0.527 bits per heavy atom. The minimum Gasteiger partial charge on any atom is -0.421 e. The zero-order chi connectivity index (χ0) is 43.0. The zero-order valence-corrected chi connectivity index (χ0v) is 32.0. The van der Waals surface area contributed by atoms with Gasteiger partial charge in [-0.2, -0.15) is 52.7 Å². The summed E-state index contributed by atoms with van der Waals surface area (Å²) in [6, 6.07) is 0. The summed E-state index contributed by atoms with van der Waals surface area (Å²) in [6.07, 6.45) is 21.6. The van der Waals surface area contributed by atoms with E-state index in [9.17, 15) is 86.4 Å². The minimum absolute atomic E-state index is 0. The van der Waals surface area contributed by atoms with Crippen molar-refractivity contribution in [1.29, 1.82) is 0 Å². The first-order valence-electron chi connectivity index (χ1n) is 12.4. The van der Waals surface area contributed by atoms with E-state index in [0.717, 1.165) is 8.25 Å². The van der Waals surface area contributed by atoms with Gasteiger partial charge in [-0.1, -0.05) is 0 Å². The van der Waals surface area contributed by atoms with E-state index in [2.05, 4.69) is 19.9 Å². The van der Waals surface area contributed by atoms with Gasteiger partial charge in [0.05, 0.1) is 25.3 Å². The first-order chi connectivity index (χ1) is 24.0. The minimum atomic E-state index is -6.72. The van der Waals surface area contributed by atoms with Gasteiger partial charge in [0.25, 0.3) is 0 Å². The SMILES string of the molecule is Cn1ccnc1.Cn1ccnc1.Cn1ccnc1.Cn1ccnc1.O=S(=O)([N-]S(=O)(=O)C(F)(F)F)C(F)(F)F.O=S(=O)([N-]S(=O)(=O)C(F)(F)F)C(F)(F)F.[Pd+2]. The molecule has 0 aliphatic heterocycles. The first kappa shape index (κ1) is 55.7. The number of hydrogen-bond donors (Lipinski definition) is 0. The second-order valence-corrected chi connectivity index (χ2v) is 15.6. The molecule has 0 aliphatic carbocycles. The van der Waals surface area contributed by atoms with Crippen molar-refractivity contribution in [1.82, 2.24) is 38.2 Å². The molecular formula is C20H24F12N10O8PdS4. The van der Waals surface area contributed by atoms with Gasteiger partial charge in [-0.05, 0) is 0 Å². The molecule has 18 nitrogen and oxygen atoms in total. The van der Waals surface area contributed by atoms with E-state index >= 15 is 0 Å². The molecule has 0 N–H and O–H groups in total. The second kappa shape index (κ2) is 22.2. The van der Waals surface area contributed by atoms with Gasteiger partial charge in [0.1, 0.15) is 0 Å². The van der Waals surface area contributed by atoms with E-state index < -0.39 is 62.1 Å². The van der Waals surface area contributed by atoms with Crippen LogP contribution >= 0.6 is 0 Å². The van der Waals surface area contributed by atoms with Crippen LogP contribution in [0.1, 0.15) is 0 Å². The number of sulfonamides is 4. The van der Waals surface area contributed by atoms with Crippen LogP contribution < -0.4 is 0 Å². The van der Waals surface area contributed by atoms with E-state index in [4.69, 9.17) is 0 Å². The fourth-order valence-corrected chi connectivity index (χ4v) is 5.15. The predicted molar refractivity (Wildman–Crippen MR) is 159 cm³/mol. The summed E-state index contributed by atoms with van der Waals surface area (Å²) in [5.74, 6) is 0. The normalized spacial score (nSPS) is 12.2. The van der Waals surface area contributed by atoms with Gasteiger partial charge in [-0.3, -0.25) is 0 Å². The van der Waals surface area contributed by atoms with Gasteiger partial charge >= 0.3 is 42.5 Å². The number of imidazole rings is 4. The molecule has 4 aromatic rings. The third kappa shape index (κ3) is 22.5. The van der Waals surface area contributed by atoms with Crippen LogP contribution in [0.4, 0.5) is 52.7 Å². The van der Waals surface area contributed by atoms with Gasteiger partial charge in [-0.15, -0.1) is 0 Å². The van der Waals surface area contributed by atoms with Crippen molar-refractivity contribution in [3.8, 4) is 0 Å². The van der Waals surface area contributed by atoms with Crippen LogP contribution in [0.15, 0.2) is 74.9 Å². The number of rotatable bonds is 4. The molecule has 0 spiro atoms. The van der Waals surface area contributed by atoms with Crippen molar-refractivity contribution in [2.24, 2.45) is 28.2 Å². The number of hydrogen-bond acceptors (Lipinski definition) is 12. The summed E-state index contributed by atoms with van der Waals surface area (Å²) < 4.78 is 226. The van der Waals surface area contributed by atoms with Gasteiger partial charge in [-0.25, -0.2) is 53.6 Å². The second-order valence-electron chi connectivity index (χ2n) is 8.74. The fraction of sp³-hybridized carbons (Fsp3) is 0.400. The zero-order valence-electron chi connectivity index (χ0n) is 27.2. The van der Waals surface area contributed by atoms with Crippen LogP contribution in [0, 0.1) is 0 Å². The topological polar surface area (TPSA) is 236 Å². The molecule has 4 aromatic heterocycles. The van der Waals surface area contributed by atoms with Crippen molar-refractivity contribution in [3.63, 3.8) is 0 Å². The Morgan fingerprint density at radius 1 is 0.382 bits per heavy atom. The summed E-state index contributed by atoms with van der Waals surface area (Å²) >= 11 is 0. The third-order valence-electron chi connectivity index (χ3n) is 4.11. The molecule has 0 saturated carbocycles.